The predicted octanol–water partition coefficient (Wildman–Crippen LogP) is 11.0. The van der Waals surface area contributed by atoms with Crippen molar-refractivity contribution in [3.8, 4) is 57.5 Å². The van der Waals surface area contributed by atoms with Crippen molar-refractivity contribution in [2.24, 2.45) is 25.0 Å². The average molecular weight is 1500 g/mol. The third-order valence-electron chi connectivity index (χ3n) is 21.6. The maximum absolute atomic E-state index is 7.61. The lowest BCUT2D eigenvalue weighted by Gasteiger charge is -2.30. The fourth-order valence-electron chi connectivity index (χ4n) is 16.0. The van der Waals surface area contributed by atoms with Gasteiger partial charge in [-0.1, -0.05) is 212 Å². The number of hydrogen-bond donors (Lipinski definition) is 0. The van der Waals surface area contributed by atoms with Crippen LogP contribution in [0.3, 0.4) is 0 Å². The summed E-state index contributed by atoms with van der Waals surface area (Å²) in [7, 11) is 0. The highest BCUT2D eigenvalue weighted by Crippen LogP contribution is 2.44. The molecule has 0 aliphatic carbocycles. The first-order chi connectivity index (χ1) is 56.7. The SMILES string of the molecule is C(=Nc1ccccc1)c1cccc([B-]23Oc4cc[n+](cc4O2)[B-]2(c4cccc(C=Nc5ccccc5)c4)Oc4cc[n+](cc4O2)[B-]2(c4cccc(C=Nc5ccccc5)c4)Oc4cc[n+](cc4O2)[B-]2(c4cccc(C=Nc5ccccc5)c4)Oc4cc[n+](cc4O2)[B-]2(c4cccc(C=Nc5ccccc5)c4)Oc4cc[n+]3cc4O2)c1. The number of para-hydroxylation sites is 5. The zero-order chi connectivity index (χ0) is 76.4. The molecule has 0 fully saturated rings. The Morgan fingerprint density at radius 3 is 0.539 bits per heavy atom. The molecule has 5 atom stereocenters. The van der Waals surface area contributed by atoms with Crippen LogP contribution in [0.4, 0.5) is 28.4 Å². The third-order valence-corrected chi connectivity index (χ3v) is 21.6. The number of benzene rings is 10. The van der Waals surface area contributed by atoms with E-state index in [1.807, 2.05) is 419 Å². The number of pyridine rings is 5. The standard InChI is InChI=1S/C90H65B5N10O10/c1-6-31-76(32-7-1)96-56-66-21-16-26-71(51-66)91-101-46-41-82-87(61-101)112-93(107-82,73-28-18-23-68(53-73)58-98-78-35-10-3-11-36-78)103-48-43-84-89(63-103)114-95(109-84,75-30-20-25-70(55-75)60-100-80-39-14-5-15-40-80)105-50-45-85-90(65-105)115-94(110-85,74-29-19-24-69(54-74)59-99-79-37-12-4-13-38-79)104-49-44-83-88(64-104)113-92(108-83,102-47-42-81(106-91)86(62-102)111-91)72-27-17-22-67(52-72)57-97-77-33-8-2-9-34-77/h1-65H. The van der Waals surface area contributed by atoms with Gasteiger partial charge in [-0.3, -0.25) is 25.0 Å². The number of aliphatic imine (C=N–C) groups is 5. The molecule has 20 nitrogen and oxygen atoms in total. The maximum atomic E-state index is 7.61. The summed E-state index contributed by atoms with van der Waals surface area (Å²) in [5.41, 5.74) is 11.2. The Labute approximate surface area is 661 Å². The number of nitrogens with zero attached hydrogens (tertiary/aromatic N) is 10. The van der Waals surface area contributed by atoms with Gasteiger partial charge < -0.3 is 68.9 Å². The molecule has 0 amide bonds. The lowest BCUT2D eigenvalue weighted by atomic mass is 9.62. The van der Waals surface area contributed by atoms with Gasteiger partial charge in [-0.2, -0.15) is 0 Å². The summed E-state index contributed by atoms with van der Waals surface area (Å²) in [6, 6.07) is 98.2. The summed E-state index contributed by atoms with van der Waals surface area (Å²) in [6.45, 7) is -14.1. The smallest absolute Gasteiger partial charge is 0.616 e. The van der Waals surface area contributed by atoms with Crippen LogP contribution in [0.15, 0.2) is 390 Å². The van der Waals surface area contributed by atoms with E-state index in [9.17, 15) is 0 Å². The normalized spacial score (nSPS) is 20.0. The molecule has 15 bridgehead atoms. The molecule has 550 valence electrons. The van der Waals surface area contributed by atoms with Crippen LogP contribution in [0.2, 0.25) is 0 Å². The van der Waals surface area contributed by atoms with Gasteiger partial charge in [0.1, 0.15) is 59.7 Å². The molecule has 21 rings (SSSR count). The van der Waals surface area contributed by atoms with E-state index in [0.29, 0.717) is 84.8 Å². The Hall–Kier alpha value is -15.4. The molecule has 0 saturated heterocycles. The van der Waals surface area contributed by atoms with Crippen molar-refractivity contribution < 1.29 is 68.9 Å². The summed E-state index contributed by atoms with van der Waals surface area (Å²) >= 11 is 0. The highest BCUT2D eigenvalue weighted by atomic mass is 16.7. The molecule has 5 aromatic heterocycles. The highest BCUT2D eigenvalue weighted by Gasteiger charge is 2.62. The van der Waals surface area contributed by atoms with Crippen LogP contribution in [-0.2, 0) is 0 Å². The number of fused-ring (bicyclic) bond motifs is 15. The maximum Gasteiger partial charge on any atom is 0.684 e. The van der Waals surface area contributed by atoms with E-state index >= 15 is 0 Å². The van der Waals surface area contributed by atoms with Crippen LogP contribution >= 0.6 is 0 Å². The molecule has 6 aliphatic heterocycles. The quantitative estimate of drug-likeness (QED) is 0.0710. The lowest BCUT2D eigenvalue weighted by molar-refractivity contribution is -0.571. The van der Waals surface area contributed by atoms with Crippen LogP contribution in [0.1, 0.15) is 27.8 Å². The first-order valence-corrected chi connectivity index (χ1v) is 38.0. The van der Waals surface area contributed by atoms with Crippen LogP contribution in [0, 0.1) is 0 Å². The van der Waals surface area contributed by atoms with Crippen molar-refractivity contribution in [2.45, 2.75) is 0 Å². The number of aromatic nitrogens is 5. The zero-order valence-corrected chi connectivity index (χ0v) is 61.5. The van der Waals surface area contributed by atoms with E-state index in [4.69, 9.17) is 71.5 Å². The molecular weight excluding hydrogens is 1440 g/mol. The Bertz CT molecular complexity index is 5620. The van der Waals surface area contributed by atoms with Crippen molar-refractivity contribution in [1.82, 2.24) is 0 Å². The Kier molecular flexibility index (Phi) is 16.2. The Balaban J connectivity index is 0.775. The number of rotatable bonds is 15. The van der Waals surface area contributed by atoms with Crippen molar-refractivity contribution in [3.05, 3.63) is 393 Å². The van der Waals surface area contributed by atoms with E-state index < -0.39 is 33.4 Å². The first kappa shape index (κ1) is 67.7. The van der Waals surface area contributed by atoms with Crippen molar-refractivity contribution in [2.75, 3.05) is 0 Å². The van der Waals surface area contributed by atoms with E-state index in [0.717, 1.165) is 56.3 Å². The van der Waals surface area contributed by atoms with Crippen molar-refractivity contribution in [3.63, 3.8) is 0 Å². The van der Waals surface area contributed by atoms with Crippen LogP contribution in [0.5, 0.6) is 57.5 Å². The molecule has 6 aliphatic rings. The minimum absolute atomic E-state index is 0.372. The van der Waals surface area contributed by atoms with Gasteiger partial charge in [0.25, 0.3) is 0 Å². The van der Waals surface area contributed by atoms with Crippen LogP contribution in [-0.4, -0.2) is 64.5 Å². The molecule has 11 heterocycles. The van der Waals surface area contributed by atoms with Gasteiger partial charge in [0.05, 0.1) is 28.4 Å². The molecule has 0 radical (unpaired) electrons. The predicted molar refractivity (Wildman–Crippen MR) is 444 cm³/mol. The van der Waals surface area contributed by atoms with E-state index in [1.54, 1.807) is 0 Å². The fourth-order valence-corrected chi connectivity index (χ4v) is 16.0. The van der Waals surface area contributed by atoms with Gasteiger partial charge in [-0.25, -0.2) is 0 Å². The van der Waals surface area contributed by atoms with Crippen LogP contribution in [0.25, 0.3) is 0 Å². The highest BCUT2D eigenvalue weighted by molar-refractivity contribution is 6.78. The minimum Gasteiger partial charge on any atom is -0.616 e. The fraction of sp³-hybridized carbons (Fsp3) is 0. The zero-order valence-electron chi connectivity index (χ0n) is 61.5. The second-order valence-corrected chi connectivity index (χ2v) is 29.0. The second-order valence-electron chi connectivity index (χ2n) is 29.0. The third kappa shape index (κ3) is 12.2. The Morgan fingerprint density at radius 2 is 0.357 bits per heavy atom. The molecule has 0 spiro atoms. The van der Waals surface area contributed by atoms with Crippen LogP contribution < -0.4 is 96.2 Å². The van der Waals surface area contributed by atoms with Crippen molar-refractivity contribution in [1.29, 1.82) is 0 Å². The average Bonchev–Trinajstić information content (AvgIpc) is 1.57. The summed E-state index contributed by atoms with van der Waals surface area (Å²) < 4.78 is 84.9. The molecule has 0 N–H and O–H groups in total. The minimum atomic E-state index is -2.82. The monoisotopic (exact) mass is 1500 g/mol. The summed E-state index contributed by atoms with van der Waals surface area (Å²) in [6.07, 6.45) is 28.0. The van der Waals surface area contributed by atoms with Gasteiger partial charge in [0.15, 0.2) is 59.7 Å². The van der Waals surface area contributed by atoms with E-state index in [1.165, 1.54) is 0 Å². The van der Waals surface area contributed by atoms with E-state index in [2.05, 4.69) is 0 Å². The second kappa shape index (κ2) is 27.6. The van der Waals surface area contributed by atoms with Gasteiger partial charge in [-0.15, -0.1) is 0 Å². The largest absolute Gasteiger partial charge is 0.684 e. The molecule has 10 aromatic carbocycles. The Morgan fingerprint density at radius 1 is 0.183 bits per heavy atom. The molecular formula is C90H65B5N10O10. The lowest BCUT2D eigenvalue weighted by Crippen LogP contribution is -2.78. The van der Waals surface area contributed by atoms with Crippen molar-refractivity contribution >= 4 is 120 Å². The number of hydrogen-bond acceptors (Lipinski definition) is 15. The topological polar surface area (TPSA) is 174 Å². The first-order valence-electron chi connectivity index (χ1n) is 38.0. The molecule has 115 heavy (non-hydrogen) atoms. The van der Waals surface area contributed by atoms with Gasteiger partial charge in [0, 0.05) is 61.4 Å². The summed E-state index contributed by atoms with van der Waals surface area (Å²) in [5, 5.41) is 0. The van der Waals surface area contributed by atoms with E-state index in [-0.39, 0.29) is 0 Å². The van der Waals surface area contributed by atoms with Gasteiger partial charge in [-0.05, 0) is 116 Å². The molecule has 15 aromatic rings. The van der Waals surface area contributed by atoms with Gasteiger partial charge >= 0.3 is 33.4 Å². The van der Waals surface area contributed by atoms with Gasteiger partial charge in [0.2, 0.25) is 0 Å². The summed E-state index contributed by atoms with van der Waals surface area (Å²) in [5.74, 6) is 4.01. The molecule has 25 heteroatoms. The molecule has 5 unspecified atom stereocenters. The summed E-state index contributed by atoms with van der Waals surface area (Å²) in [4.78, 5) is 24.4. The molecule has 0 saturated carbocycles.